The molecule has 8 nitrogen and oxygen atoms in total. The first kappa shape index (κ1) is 24.2. The van der Waals surface area contributed by atoms with Gasteiger partial charge in [-0.05, 0) is 66.8 Å². The van der Waals surface area contributed by atoms with E-state index in [1.807, 2.05) is 42.5 Å². The fourth-order valence-electron chi connectivity index (χ4n) is 5.82. The molecule has 3 aromatic rings. The number of thioether (sulfide) groups is 1. The number of aliphatic hydroxyl groups is 1. The van der Waals surface area contributed by atoms with Gasteiger partial charge >= 0.3 is 0 Å². The first-order valence-electron chi connectivity index (χ1n) is 12.7. The lowest BCUT2D eigenvalue weighted by molar-refractivity contribution is -0.120. The van der Waals surface area contributed by atoms with Gasteiger partial charge in [0.05, 0.1) is 35.6 Å². The molecule has 1 aromatic heterocycles. The molecule has 0 aliphatic carbocycles. The van der Waals surface area contributed by atoms with Crippen molar-refractivity contribution in [1.82, 2.24) is 15.2 Å². The van der Waals surface area contributed by atoms with Gasteiger partial charge in [-0.3, -0.25) is 14.6 Å². The van der Waals surface area contributed by atoms with E-state index in [0.29, 0.717) is 25.0 Å². The molecule has 1 unspecified atom stereocenters. The Kier molecular flexibility index (Phi) is 6.30. The number of rotatable bonds is 5. The average molecular weight is 519 g/mol. The molecule has 2 fully saturated rings. The van der Waals surface area contributed by atoms with Crippen molar-refractivity contribution in [3.05, 3.63) is 59.8 Å². The summed E-state index contributed by atoms with van der Waals surface area (Å²) in [5.74, 6) is 0.973. The van der Waals surface area contributed by atoms with Gasteiger partial charge in [0.25, 0.3) is 0 Å². The summed E-state index contributed by atoms with van der Waals surface area (Å²) in [6, 6.07) is 13.7. The fraction of sp³-hybridized carbons (Fsp3) is 0.393. The van der Waals surface area contributed by atoms with Crippen LogP contribution in [-0.2, 0) is 15.2 Å². The van der Waals surface area contributed by atoms with E-state index in [1.54, 1.807) is 13.3 Å². The predicted octanol–water partition coefficient (Wildman–Crippen LogP) is 3.24. The Labute approximate surface area is 219 Å². The van der Waals surface area contributed by atoms with Crippen molar-refractivity contribution in [2.24, 2.45) is 0 Å². The van der Waals surface area contributed by atoms with Crippen molar-refractivity contribution in [2.75, 3.05) is 37.8 Å². The van der Waals surface area contributed by atoms with E-state index in [-0.39, 0.29) is 23.8 Å². The van der Waals surface area contributed by atoms with Gasteiger partial charge in [-0.1, -0.05) is 6.07 Å². The highest BCUT2D eigenvalue weighted by molar-refractivity contribution is 8.00. The summed E-state index contributed by atoms with van der Waals surface area (Å²) in [7, 11) is 1.64. The number of amides is 2. The molecule has 0 bridgehead atoms. The highest BCUT2D eigenvalue weighted by Gasteiger charge is 2.38. The predicted molar refractivity (Wildman–Crippen MR) is 143 cm³/mol. The minimum Gasteiger partial charge on any atom is -0.497 e. The number of benzene rings is 2. The molecule has 37 heavy (non-hydrogen) atoms. The number of pyridine rings is 1. The third-order valence-electron chi connectivity index (χ3n) is 7.83. The number of carbonyl (C=O) groups is 2. The van der Waals surface area contributed by atoms with Gasteiger partial charge in [0.1, 0.15) is 5.75 Å². The van der Waals surface area contributed by atoms with Crippen LogP contribution in [0, 0.1) is 0 Å². The minimum atomic E-state index is -0.933. The summed E-state index contributed by atoms with van der Waals surface area (Å²) in [5.41, 5.74) is 2.54. The Morgan fingerprint density at radius 3 is 2.81 bits per heavy atom. The zero-order chi connectivity index (χ0) is 25.6. The number of nitrogens with one attached hydrogen (secondary N) is 2. The monoisotopic (exact) mass is 518 g/mol. The van der Waals surface area contributed by atoms with Gasteiger partial charge in [-0.25, -0.2) is 0 Å². The number of carbonyl (C=O) groups excluding carboxylic acids is 2. The second-order valence-corrected chi connectivity index (χ2v) is 11.2. The smallest absolute Gasteiger partial charge is 0.234 e. The standard InChI is InChI=1S/C28H30N4O4S/c1-36-19-3-4-23-21(14-19)22(6-9-29-23)28(35)7-10-32(11-8-28)15-18-13-20(27(34)30-18)17-2-5-25-24(12-17)31-26(33)16-37-25/h2-6,9,12,14,18,20,35H,7-8,10-11,13,15-16H2,1H3,(H,30,34)(H,31,33)/t18?,20-/m1/s1. The average Bonchev–Trinajstić information content (AvgIpc) is 3.28. The summed E-state index contributed by atoms with van der Waals surface area (Å²) in [5, 5.41) is 18.6. The molecule has 3 aliphatic rings. The van der Waals surface area contributed by atoms with E-state index >= 15 is 0 Å². The van der Waals surface area contributed by atoms with E-state index < -0.39 is 5.60 Å². The molecule has 192 valence electrons. The van der Waals surface area contributed by atoms with E-state index in [1.165, 1.54) is 11.8 Å². The molecule has 4 heterocycles. The van der Waals surface area contributed by atoms with Crippen molar-refractivity contribution in [3.8, 4) is 5.75 Å². The van der Waals surface area contributed by atoms with E-state index in [0.717, 1.165) is 58.0 Å². The van der Waals surface area contributed by atoms with Crippen LogP contribution >= 0.6 is 11.8 Å². The van der Waals surface area contributed by atoms with Gasteiger partial charge in [-0.15, -0.1) is 11.8 Å². The van der Waals surface area contributed by atoms with Gasteiger partial charge < -0.3 is 25.4 Å². The van der Waals surface area contributed by atoms with E-state index in [2.05, 4.69) is 20.5 Å². The molecule has 2 atom stereocenters. The summed E-state index contributed by atoms with van der Waals surface area (Å²) >= 11 is 1.52. The number of methoxy groups -OCH3 is 1. The largest absolute Gasteiger partial charge is 0.497 e. The van der Waals surface area contributed by atoms with Crippen molar-refractivity contribution in [2.45, 2.75) is 41.7 Å². The van der Waals surface area contributed by atoms with Crippen LogP contribution in [0.3, 0.4) is 0 Å². The summed E-state index contributed by atoms with van der Waals surface area (Å²) in [6.07, 6.45) is 3.69. The summed E-state index contributed by atoms with van der Waals surface area (Å²) < 4.78 is 5.40. The second-order valence-electron chi connectivity index (χ2n) is 10.2. The molecular weight excluding hydrogens is 488 g/mol. The summed E-state index contributed by atoms with van der Waals surface area (Å²) in [4.78, 5) is 32.5. The highest BCUT2D eigenvalue weighted by Crippen LogP contribution is 2.39. The van der Waals surface area contributed by atoms with Crippen molar-refractivity contribution >= 4 is 40.2 Å². The van der Waals surface area contributed by atoms with Crippen LogP contribution in [0.25, 0.3) is 10.9 Å². The number of ether oxygens (including phenoxy) is 1. The van der Waals surface area contributed by atoms with Crippen LogP contribution in [0.2, 0.25) is 0 Å². The maximum Gasteiger partial charge on any atom is 0.234 e. The Balaban J connectivity index is 1.11. The highest BCUT2D eigenvalue weighted by atomic mass is 32.2. The number of nitrogens with zero attached hydrogens (tertiary/aromatic N) is 2. The van der Waals surface area contributed by atoms with Gasteiger partial charge in [0, 0.05) is 42.2 Å². The zero-order valence-electron chi connectivity index (χ0n) is 20.7. The number of hydrogen-bond donors (Lipinski definition) is 3. The van der Waals surface area contributed by atoms with Crippen LogP contribution in [0.5, 0.6) is 5.75 Å². The lowest BCUT2D eigenvalue weighted by Gasteiger charge is -2.39. The number of piperidine rings is 1. The van der Waals surface area contributed by atoms with E-state index in [9.17, 15) is 14.7 Å². The number of likely N-dealkylation sites (tertiary alicyclic amines) is 1. The Morgan fingerprint density at radius 2 is 2.00 bits per heavy atom. The van der Waals surface area contributed by atoms with Crippen molar-refractivity contribution < 1.29 is 19.4 Å². The SMILES string of the molecule is COc1ccc2nccc(C3(O)CCN(CC4C[C@H](c5ccc6c(c5)NC(=O)CS6)C(=O)N4)CC3)c2c1. The molecular formula is C28H30N4O4S. The first-order chi connectivity index (χ1) is 17.9. The van der Waals surface area contributed by atoms with Crippen LogP contribution in [0.1, 0.15) is 36.3 Å². The maximum atomic E-state index is 12.8. The minimum absolute atomic E-state index is 0.00708. The zero-order valence-corrected chi connectivity index (χ0v) is 21.5. The van der Waals surface area contributed by atoms with E-state index in [4.69, 9.17) is 4.74 Å². The normalized spacial score (nSPS) is 23.4. The molecule has 3 aliphatic heterocycles. The fourth-order valence-corrected chi connectivity index (χ4v) is 6.61. The second kappa shape index (κ2) is 9.63. The third-order valence-corrected chi connectivity index (χ3v) is 8.91. The van der Waals surface area contributed by atoms with Crippen LogP contribution in [0.4, 0.5) is 5.69 Å². The lowest BCUT2D eigenvalue weighted by Crippen LogP contribution is -2.47. The number of fused-ring (bicyclic) bond motifs is 2. The molecule has 6 rings (SSSR count). The topological polar surface area (TPSA) is 104 Å². The lowest BCUT2D eigenvalue weighted by atomic mass is 9.82. The Bertz CT molecular complexity index is 1370. The molecule has 2 aromatic carbocycles. The van der Waals surface area contributed by atoms with Gasteiger partial charge in [-0.2, -0.15) is 0 Å². The molecule has 0 radical (unpaired) electrons. The molecule has 3 N–H and O–H groups in total. The van der Waals surface area contributed by atoms with Crippen molar-refractivity contribution in [3.63, 3.8) is 0 Å². The molecule has 0 spiro atoms. The summed E-state index contributed by atoms with van der Waals surface area (Å²) in [6.45, 7) is 2.23. The number of anilines is 1. The molecule has 0 saturated carbocycles. The maximum absolute atomic E-state index is 12.8. The number of aromatic nitrogens is 1. The molecule has 2 amide bonds. The number of hydrogen-bond acceptors (Lipinski definition) is 7. The van der Waals surface area contributed by atoms with Gasteiger partial charge in [0.15, 0.2) is 0 Å². The van der Waals surface area contributed by atoms with Crippen LogP contribution in [0.15, 0.2) is 53.6 Å². The van der Waals surface area contributed by atoms with Gasteiger partial charge in [0.2, 0.25) is 11.8 Å². The third kappa shape index (κ3) is 4.67. The Morgan fingerprint density at radius 1 is 1.16 bits per heavy atom. The van der Waals surface area contributed by atoms with Crippen LogP contribution < -0.4 is 15.4 Å². The first-order valence-corrected chi connectivity index (χ1v) is 13.7. The molecule has 2 saturated heterocycles. The Hall–Kier alpha value is -3.14. The van der Waals surface area contributed by atoms with Crippen molar-refractivity contribution in [1.29, 1.82) is 0 Å². The van der Waals surface area contributed by atoms with Crippen LogP contribution in [-0.4, -0.2) is 65.3 Å². The molecule has 9 heteroatoms. The quantitative estimate of drug-likeness (QED) is 0.476.